The Morgan fingerprint density at radius 1 is 1.33 bits per heavy atom. The summed E-state index contributed by atoms with van der Waals surface area (Å²) in [5, 5.41) is 13.1. The number of anilines is 1. The summed E-state index contributed by atoms with van der Waals surface area (Å²) in [6.45, 7) is 4.17. The molecule has 0 radical (unpaired) electrons. The second-order valence-electron chi connectivity index (χ2n) is 5.03. The Labute approximate surface area is 148 Å². The average molecular weight is 366 g/mol. The normalized spacial score (nSPS) is 11.8. The predicted molar refractivity (Wildman–Crippen MR) is 94.0 cm³/mol. The van der Waals surface area contributed by atoms with Gasteiger partial charge in [-0.1, -0.05) is 25.4 Å². The van der Waals surface area contributed by atoms with Gasteiger partial charge in [-0.3, -0.25) is 4.79 Å². The van der Waals surface area contributed by atoms with Crippen LogP contribution in [0.15, 0.2) is 35.6 Å². The van der Waals surface area contributed by atoms with Gasteiger partial charge in [-0.05, 0) is 24.6 Å². The molecule has 6 nitrogen and oxygen atoms in total. The van der Waals surface area contributed by atoms with Crippen LogP contribution >= 0.6 is 23.4 Å². The second kappa shape index (κ2) is 8.12. The largest absolute Gasteiger partial charge is 0.478 e. The first-order valence-electron chi connectivity index (χ1n) is 7.23. The van der Waals surface area contributed by atoms with Gasteiger partial charge in [-0.25, -0.2) is 14.8 Å². The molecule has 0 spiro atoms. The van der Waals surface area contributed by atoms with Crippen molar-refractivity contribution in [2.24, 2.45) is 0 Å². The quantitative estimate of drug-likeness (QED) is 0.752. The monoisotopic (exact) mass is 365 g/mol. The molecule has 8 heteroatoms. The van der Waals surface area contributed by atoms with Gasteiger partial charge >= 0.3 is 5.97 Å². The van der Waals surface area contributed by atoms with Crippen LogP contribution in [0.3, 0.4) is 0 Å². The van der Waals surface area contributed by atoms with Crippen LogP contribution in [0.4, 0.5) is 5.69 Å². The van der Waals surface area contributed by atoms with Crippen LogP contribution in [-0.2, 0) is 0 Å². The number of carboxylic acid groups (broad SMARTS) is 1. The predicted octanol–water partition coefficient (Wildman–Crippen LogP) is 3.97. The molecule has 2 aromatic rings. The molecule has 1 unspecified atom stereocenters. The lowest BCUT2D eigenvalue weighted by molar-refractivity contribution is 0.0698. The molecular weight excluding hydrogens is 350 g/mol. The Kier molecular flexibility index (Phi) is 6.16. The lowest BCUT2D eigenvalue weighted by Crippen LogP contribution is -2.16. The second-order valence-corrected chi connectivity index (χ2v) is 6.92. The van der Waals surface area contributed by atoms with Gasteiger partial charge in [-0.2, -0.15) is 0 Å². The number of hydrogen-bond acceptors (Lipinski definition) is 5. The summed E-state index contributed by atoms with van der Waals surface area (Å²) in [6.07, 6.45) is 3.91. The van der Waals surface area contributed by atoms with E-state index in [1.807, 2.05) is 0 Å². The van der Waals surface area contributed by atoms with Crippen LogP contribution in [0.1, 0.15) is 41.1 Å². The van der Waals surface area contributed by atoms with Gasteiger partial charge in [0.25, 0.3) is 5.91 Å². The standard InChI is InChI=1S/C16H16ClN3O3S/c1-3-9(2)24-14-8-18-13(7-19-14)15(21)20-12-5-4-10(17)6-11(12)16(22)23/h4-9H,3H2,1-2H3,(H,20,21)(H,22,23). The molecule has 0 saturated heterocycles. The van der Waals surface area contributed by atoms with Crippen molar-refractivity contribution in [2.45, 2.75) is 30.5 Å². The molecule has 0 bridgehead atoms. The molecule has 0 aliphatic heterocycles. The van der Waals surface area contributed by atoms with Crippen LogP contribution in [0.2, 0.25) is 5.02 Å². The lowest BCUT2D eigenvalue weighted by Gasteiger charge is -2.09. The summed E-state index contributed by atoms with van der Waals surface area (Å²) in [5.74, 6) is -1.72. The number of amides is 1. The zero-order valence-electron chi connectivity index (χ0n) is 13.1. The van der Waals surface area contributed by atoms with E-state index < -0.39 is 11.9 Å². The van der Waals surface area contributed by atoms with E-state index in [2.05, 4.69) is 29.1 Å². The Hall–Kier alpha value is -2.12. The number of benzene rings is 1. The third-order valence-corrected chi connectivity index (χ3v) is 4.64. The number of thioether (sulfide) groups is 1. The van der Waals surface area contributed by atoms with Gasteiger partial charge in [0.05, 0.1) is 23.6 Å². The first kappa shape index (κ1) is 18.2. The molecule has 0 fully saturated rings. The maximum Gasteiger partial charge on any atom is 0.337 e. The highest BCUT2D eigenvalue weighted by Crippen LogP contribution is 2.23. The van der Waals surface area contributed by atoms with Crippen LogP contribution in [0.25, 0.3) is 0 Å². The molecule has 1 amide bonds. The van der Waals surface area contributed by atoms with E-state index >= 15 is 0 Å². The molecule has 1 atom stereocenters. The number of carbonyl (C=O) groups is 2. The Bertz CT molecular complexity index is 753. The van der Waals surface area contributed by atoms with Crippen LogP contribution in [0.5, 0.6) is 0 Å². The number of rotatable bonds is 6. The van der Waals surface area contributed by atoms with E-state index in [0.717, 1.165) is 11.4 Å². The highest BCUT2D eigenvalue weighted by molar-refractivity contribution is 7.99. The number of carboxylic acids is 1. The fourth-order valence-corrected chi connectivity index (χ4v) is 2.75. The van der Waals surface area contributed by atoms with Crippen molar-refractivity contribution >= 4 is 40.9 Å². The van der Waals surface area contributed by atoms with E-state index in [9.17, 15) is 14.7 Å². The summed E-state index contributed by atoms with van der Waals surface area (Å²) in [6, 6.07) is 4.21. The van der Waals surface area contributed by atoms with E-state index in [-0.39, 0.29) is 22.0 Å². The Morgan fingerprint density at radius 2 is 2.08 bits per heavy atom. The number of aromatic carboxylic acids is 1. The number of halogens is 1. The zero-order valence-corrected chi connectivity index (χ0v) is 14.7. The number of aromatic nitrogens is 2. The van der Waals surface area contributed by atoms with Crippen molar-refractivity contribution < 1.29 is 14.7 Å². The lowest BCUT2D eigenvalue weighted by atomic mass is 10.1. The van der Waals surface area contributed by atoms with Crippen molar-refractivity contribution in [1.29, 1.82) is 0 Å². The van der Waals surface area contributed by atoms with Gasteiger partial charge in [0.1, 0.15) is 10.7 Å². The molecule has 0 aliphatic rings. The van der Waals surface area contributed by atoms with Gasteiger partial charge in [0.2, 0.25) is 0 Å². The molecule has 126 valence electrons. The van der Waals surface area contributed by atoms with Gasteiger partial charge in [0, 0.05) is 10.3 Å². The summed E-state index contributed by atoms with van der Waals surface area (Å²) in [4.78, 5) is 31.7. The fraction of sp³-hybridized carbons (Fsp3) is 0.250. The topological polar surface area (TPSA) is 92.2 Å². The van der Waals surface area contributed by atoms with Crippen molar-refractivity contribution in [1.82, 2.24) is 9.97 Å². The van der Waals surface area contributed by atoms with Crippen molar-refractivity contribution in [3.05, 3.63) is 46.9 Å². The maximum absolute atomic E-state index is 12.2. The molecule has 2 rings (SSSR count). The number of nitrogens with zero attached hydrogens (tertiary/aromatic N) is 2. The summed E-state index contributed by atoms with van der Waals surface area (Å²) >= 11 is 7.36. The minimum atomic E-state index is -1.18. The van der Waals surface area contributed by atoms with E-state index in [1.54, 1.807) is 11.8 Å². The molecule has 1 heterocycles. The maximum atomic E-state index is 12.2. The van der Waals surface area contributed by atoms with Crippen molar-refractivity contribution in [3.8, 4) is 0 Å². The highest BCUT2D eigenvalue weighted by Gasteiger charge is 2.15. The number of nitrogens with one attached hydrogen (secondary N) is 1. The average Bonchev–Trinajstić information content (AvgIpc) is 2.56. The number of hydrogen-bond donors (Lipinski definition) is 2. The molecule has 0 aliphatic carbocycles. The van der Waals surface area contributed by atoms with Crippen molar-refractivity contribution in [2.75, 3.05) is 5.32 Å². The van der Waals surface area contributed by atoms with Crippen molar-refractivity contribution in [3.63, 3.8) is 0 Å². The molecule has 24 heavy (non-hydrogen) atoms. The molecule has 0 saturated carbocycles. The molecule has 1 aromatic carbocycles. The summed E-state index contributed by atoms with van der Waals surface area (Å²) in [5.41, 5.74) is 0.166. The minimum Gasteiger partial charge on any atom is -0.478 e. The first-order chi connectivity index (χ1) is 11.4. The zero-order chi connectivity index (χ0) is 17.7. The van der Waals surface area contributed by atoms with Crippen LogP contribution in [-0.4, -0.2) is 32.2 Å². The van der Waals surface area contributed by atoms with E-state index in [0.29, 0.717) is 5.25 Å². The molecule has 1 aromatic heterocycles. The van der Waals surface area contributed by atoms with Gasteiger partial charge in [0.15, 0.2) is 0 Å². The van der Waals surface area contributed by atoms with E-state index in [1.165, 1.54) is 30.6 Å². The third kappa shape index (κ3) is 4.69. The summed E-state index contributed by atoms with van der Waals surface area (Å²) in [7, 11) is 0. The SMILES string of the molecule is CCC(C)Sc1cnc(C(=O)Nc2ccc(Cl)cc2C(=O)O)cn1. The Balaban J connectivity index is 2.14. The number of carbonyl (C=O) groups excluding carboxylic acids is 1. The van der Waals surface area contributed by atoms with Gasteiger partial charge in [-0.15, -0.1) is 11.8 Å². The Morgan fingerprint density at radius 3 is 2.67 bits per heavy atom. The molecular formula is C16H16ClN3O3S. The van der Waals surface area contributed by atoms with Crippen LogP contribution < -0.4 is 5.32 Å². The van der Waals surface area contributed by atoms with Crippen LogP contribution in [0, 0.1) is 0 Å². The highest BCUT2D eigenvalue weighted by atomic mass is 35.5. The van der Waals surface area contributed by atoms with E-state index in [4.69, 9.17) is 11.6 Å². The van der Waals surface area contributed by atoms with Gasteiger partial charge < -0.3 is 10.4 Å². The summed E-state index contributed by atoms with van der Waals surface area (Å²) < 4.78 is 0. The molecule has 2 N–H and O–H groups in total. The third-order valence-electron chi connectivity index (χ3n) is 3.22. The smallest absolute Gasteiger partial charge is 0.337 e. The first-order valence-corrected chi connectivity index (χ1v) is 8.49. The minimum absolute atomic E-state index is 0.0900. The fourth-order valence-electron chi connectivity index (χ4n) is 1.77.